The molecule has 6 nitrogen and oxygen atoms in total. The molecule has 0 aliphatic heterocycles. The van der Waals surface area contributed by atoms with Crippen LogP contribution in [0.2, 0.25) is 0 Å². The molecular formula is C16H25N3O3S2. The Morgan fingerprint density at radius 1 is 1.25 bits per heavy atom. The fourth-order valence-electron chi connectivity index (χ4n) is 2.69. The van der Waals surface area contributed by atoms with Gasteiger partial charge in [-0.15, -0.1) is 10.2 Å². The quantitative estimate of drug-likeness (QED) is 0.447. The number of carbonyl (C=O) groups is 2. The summed E-state index contributed by atoms with van der Waals surface area (Å²) in [4.78, 5) is 23.8. The summed E-state index contributed by atoms with van der Waals surface area (Å²) < 4.78 is 6.33. The Bertz CT molecular complexity index is 565. The van der Waals surface area contributed by atoms with E-state index in [4.69, 9.17) is 4.74 Å². The maximum absolute atomic E-state index is 11.9. The van der Waals surface area contributed by atoms with E-state index in [1.54, 1.807) is 11.8 Å². The largest absolute Gasteiger partial charge is 0.462 e. The molecule has 1 saturated carbocycles. The van der Waals surface area contributed by atoms with Gasteiger partial charge in [0, 0.05) is 6.42 Å². The number of esters is 1. The van der Waals surface area contributed by atoms with Gasteiger partial charge >= 0.3 is 5.97 Å². The van der Waals surface area contributed by atoms with Crippen LogP contribution in [0.1, 0.15) is 52.9 Å². The van der Waals surface area contributed by atoms with Gasteiger partial charge in [-0.3, -0.25) is 9.59 Å². The van der Waals surface area contributed by atoms with E-state index in [1.807, 2.05) is 6.92 Å². The second-order valence-electron chi connectivity index (χ2n) is 6.23. The van der Waals surface area contributed by atoms with E-state index in [0.717, 1.165) is 29.4 Å². The van der Waals surface area contributed by atoms with Crippen molar-refractivity contribution in [3.63, 3.8) is 0 Å². The summed E-state index contributed by atoms with van der Waals surface area (Å²) in [5.41, 5.74) is 0. The SMILES string of the molecule is CCSc1nnc(NC(=O)CCC(=O)O[C@H]2CC[C@@H](C)[C@H](C)C2)s1. The van der Waals surface area contributed by atoms with Gasteiger partial charge < -0.3 is 10.1 Å². The van der Waals surface area contributed by atoms with Crippen molar-refractivity contribution in [1.29, 1.82) is 0 Å². The van der Waals surface area contributed by atoms with Crippen LogP contribution in [0.15, 0.2) is 4.34 Å². The second kappa shape index (κ2) is 9.36. The average molecular weight is 372 g/mol. The second-order valence-corrected chi connectivity index (χ2v) is 8.72. The molecule has 0 bridgehead atoms. The lowest BCUT2D eigenvalue weighted by molar-refractivity contribution is -0.152. The van der Waals surface area contributed by atoms with E-state index >= 15 is 0 Å². The molecule has 0 radical (unpaired) electrons. The van der Waals surface area contributed by atoms with Crippen LogP contribution in [0.4, 0.5) is 5.13 Å². The van der Waals surface area contributed by atoms with Gasteiger partial charge in [0.2, 0.25) is 11.0 Å². The van der Waals surface area contributed by atoms with E-state index in [9.17, 15) is 9.59 Å². The molecule has 0 saturated heterocycles. The van der Waals surface area contributed by atoms with Crippen molar-refractivity contribution < 1.29 is 14.3 Å². The van der Waals surface area contributed by atoms with Crippen LogP contribution in [-0.2, 0) is 14.3 Å². The Morgan fingerprint density at radius 2 is 2.04 bits per heavy atom. The summed E-state index contributed by atoms with van der Waals surface area (Å²) in [7, 11) is 0. The lowest BCUT2D eigenvalue weighted by Gasteiger charge is -2.31. The predicted molar refractivity (Wildman–Crippen MR) is 96.2 cm³/mol. The molecule has 0 spiro atoms. The number of rotatable bonds is 7. The average Bonchev–Trinajstić information content (AvgIpc) is 2.96. The minimum absolute atomic E-state index is 0.00329. The Balaban J connectivity index is 1.68. The monoisotopic (exact) mass is 371 g/mol. The van der Waals surface area contributed by atoms with Gasteiger partial charge in [0.1, 0.15) is 6.10 Å². The molecule has 1 aromatic rings. The van der Waals surface area contributed by atoms with Gasteiger partial charge in [0.05, 0.1) is 6.42 Å². The van der Waals surface area contributed by atoms with Crippen molar-refractivity contribution >= 4 is 40.1 Å². The van der Waals surface area contributed by atoms with E-state index < -0.39 is 0 Å². The van der Waals surface area contributed by atoms with Gasteiger partial charge in [-0.05, 0) is 36.9 Å². The van der Waals surface area contributed by atoms with Crippen LogP contribution >= 0.6 is 23.1 Å². The van der Waals surface area contributed by atoms with E-state index in [2.05, 4.69) is 29.4 Å². The molecule has 1 aliphatic rings. The molecule has 1 N–H and O–H groups in total. The summed E-state index contributed by atoms with van der Waals surface area (Å²) in [6.45, 7) is 6.47. The predicted octanol–water partition coefficient (Wildman–Crippen LogP) is 3.74. The zero-order valence-corrected chi connectivity index (χ0v) is 16.0. The number of hydrogen-bond acceptors (Lipinski definition) is 7. The lowest BCUT2D eigenvalue weighted by atomic mass is 9.80. The molecule has 134 valence electrons. The first-order valence-corrected chi connectivity index (χ1v) is 10.2. The van der Waals surface area contributed by atoms with Gasteiger partial charge in [0.25, 0.3) is 0 Å². The number of nitrogens with zero attached hydrogens (tertiary/aromatic N) is 2. The maximum atomic E-state index is 11.9. The number of aromatic nitrogens is 2. The van der Waals surface area contributed by atoms with Crippen molar-refractivity contribution in [2.75, 3.05) is 11.1 Å². The Hall–Kier alpha value is -1.15. The number of anilines is 1. The minimum atomic E-state index is -0.295. The van der Waals surface area contributed by atoms with E-state index in [1.165, 1.54) is 11.3 Å². The highest BCUT2D eigenvalue weighted by atomic mass is 32.2. The summed E-state index contributed by atoms with van der Waals surface area (Å²) in [5, 5.41) is 11.0. The third-order valence-corrected chi connectivity index (χ3v) is 6.18. The number of nitrogens with one attached hydrogen (secondary N) is 1. The van der Waals surface area contributed by atoms with Crippen LogP contribution in [0.25, 0.3) is 0 Å². The van der Waals surface area contributed by atoms with Crippen molar-refractivity contribution in [3.8, 4) is 0 Å². The van der Waals surface area contributed by atoms with Crippen molar-refractivity contribution in [3.05, 3.63) is 0 Å². The molecule has 3 atom stereocenters. The summed E-state index contributed by atoms with van der Waals surface area (Å²) >= 11 is 2.92. The zero-order chi connectivity index (χ0) is 17.5. The first kappa shape index (κ1) is 19.2. The molecule has 24 heavy (non-hydrogen) atoms. The third kappa shape index (κ3) is 6.05. The highest BCUT2D eigenvalue weighted by molar-refractivity contribution is 8.01. The lowest BCUT2D eigenvalue weighted by Crippen LogP contribution is -2.29. The number of carbonyl (C=O) groups excluding carboxylic acids is 2. The van der Waals surface area contributed by atoms with Crippen LogP contribution < -0.4 is 5.32 Å². The Kier molecular flexibility index (Phi) is 7.48. The van der Waals surface area contributed by atoms with E-state index in [-0.39, 0.29) is 30.8 Å². The first-order chi connectivity index (χ1) is 11.5. The normalized spacial score (nSPS) is 23.7. The van der Waals surface area contributed by atoms with Crippen LogP contribution in [-0.4, -0.2) is 33.9 Å². The third-order valence-electron chi connectivity index (χ3n) is 4.32. The smallest absolute Gasteiger partial charge is 0.306 e. The molecule has 0 unspecified atom stereocenters. The van der Waals surface area contributed by atoms with Gasteiger partial charge in [-0.25, -0.2) is 0 Å². The molecular weight excluding hydrogens is 346 g/mol. The van der Waals surface area contributed by atoms with Crippen LogP contribution in [0.5, 0.6) is 0 Å². The fourth-order valence-corrected chi connectivity index (χ4v) is 4.35. The topological polar surface area (TPSA) is 81.2 Å². The van der Waals surface area contributed by atoms with Gasteiger partial charge in [0.15, 0.2) is 4.34 Å². The minimum Gasteiger partial charge on any atom is -0.462 e. The van der Waals surface area contributed by atoms with Crippen molar-refractivity contribution in [1.82, 2.24) is 10.2 Å². The van der Waals surface area contributed by atoms with E-state index in [0.29, 0.717) is 17.0 Å². The molecule has 8 heteroatoms. The molecule has 1 aliphatic carbocycles. The highest BCUT2D eigenvalue weighted by Gasteiger charge is 2.27. The molecule has 1 aromatic heterocycles. The molecule has 1 fully saturated rings. The number of amides is 1. The van der Waals surface area contributed by atoms with Crippen LogP contribution in [0, 0.1) is 11.8 Å². The first-order valence-electron chi connectivity index (χ1n) is 8.43. The summed E-state index contributed by atoms with van der Waals surface area (Å²) in [6, 6.07) is 0. The number of hydrogen-bond donors (Lipinski definition) is 1. The molecule has 1 heterocycles. The maximum Gasteiger partial charge on any atom is 0.306 e. The highest BCUT2D eigenvalue weighted by Crippen LogP contribution is 2.31. The van der Waals surface area contributed by atoms with Gasteiger partial charge in [-0.2, -0.15) is 0 Å². The Labute approximate surface area is 151 Å². The van der Waals surface area contributed by atoms with Gasteiger partial charge in [-0.1, -0.05) is 43.9 Å². The zero-order valence-electron chi connectivity index (χ0n) is 14.4. The summed E-state index contributed by atoms with van der Waals surface area (Å²) in [6.07, 6.45) is 3.14. The molecule has 2 rings (SSSR count). The fraction of sp³-hybridized carbons (Fsp3) is 0.750. The van der Waals surface area contributed by atoms with Crippen molar-refractivity contribution in [2.24, 2.45) is 11.8 Å². The molecule has 1 amide bonds. The van der Waals surface area contributed by atoms with Crippen LogP contribution in [0.3, 0.4) is 0 Å². The number of ether oxygens (including phenoxy) is 1. The Morgan fingerprint density at radius 3 is 2.75 bits per heavy atom. The summed E-state index contributed by atoms with van der Waals surface area (Å²) in [5.74, 6) is 1.64. The standard InChI is InChI=1S/C16H25N3O3S2/c1-4-23-16-19-18-15(24-16)17-13(20)7-8-14(21)22-12-6-5-10(2)11(3)9-12/h10-12H,4-9H2,1-3H3,(H,17,18,20)/t10-,11-,12+/m1/s1. The molecule has 0 aromatic carbocycles. The number of thioether (sulfide) groups is 1. The van der Waals surface area contributed by atoms with Crippen molar-refractivity contribution in [2.45, 2.75) is 63.3 Å².